The molecule has 0 radical (unpaired) electrons. The van der Waals surface area contributed by atoms with Crippen LogP contribution in [0.4, 0.5) is 0 Å². The lowest BCUT2D eigenvalue weighted by atomic mass is 10.2. The molecule has 0 unspecified atom stereocenters. The normalized spacial score (nSPS) is 10.7. The molecule has 1 heteroatoms. The van der Waals surface area contributed by atoms with Crippen molar-refractivity contribution in [2.75, 3.05) is 0 Å². The van der Waals surface area contributed by atoms with Crippen molar-refractivity contribution >= 4 is 23.4 Å². The summed E-state index contributed by atoms with van der Waals surface area (Å²) in [5.41, 5.74) is 0. The van der Waals surface area contributed by atoms with E-state index in [4.69, 9.17) is 0 Å². The Hall–Kier alpha value is -1.26. The van der Waals surface area contributed by atoms with Crippen LogP contribution in [0.1, 0.15) is 33.1 Å². The van der Waals surface area contributed by atoms with Crippen LogP contribution in [0, 0.1) is 0 Å². The van der Waals surface area contributed by atoms with Gasteiger partial charge in [-0.3, -0.25) is 0 Å². The number of unbranched alkanes of at least 4 members (excludes halogenated alkanes) is 1. The van der Waals surface area contributed by atoms with Crippen LogP contribution in [0.15, 0.2) is 60.7 Å². The highest BCUT2D eigenvalue weighted by atomic mass is 31.1. The Morgan fingerprint density at radius 3 is 1.74 bits per heavy atom. The Balaban J connectivity index is 2.45. The second-order valence-corrected chi connectivity index (χ2v) is 7.75. The summed E-state index contributed by atoms with van der Waals surface area (Å²) >= 11 is 0. The Morgan fingerprint density at radius 1 is 0.842 bits per heavy atom. The van der Waals surface area contributed by atoms with Gasteiger partial charge in [-0.05, 0) is 30.4 Å². The predicted octanol–water partition coefficient (Wildman–Crippen LogP) is 4.23. The van der Waals surface area contributed by atoms with Gasteiger partial charge in [0.1, 0.15) is 0 Å². The van der Waals surface area contributed by atoms with Gasteiger partial charge < -0.3 is 0 Å². The lowest BCUT2D eigenvalue weighted by molar-refractivity contribution is 0.838. The fraction of sp³-hybridized carbons (Fsp3) is 0.278. The fourth-order valence-electron chi connectivity index (χ4n) is 2.44. The predicted molar refractivity (Wildman–Crippen MR) is 90.7 cm³/mol. The van der Waals surface area contributed by atoms with Crippen molar-refractivity contribution in [3.8, 4) is 0 Å². The second kappa shape index (κ2) is 7.36. The molecule has 0 amide bonds. The first kappa shape index (κ1) is 14.2. The number of rotatable bonds is 5. The molecule has 0 heterocycles. The summed E-state index contributed by atoms with van der Waals surface area (Å²) in [6.07, 6.45) is 3.84. The molecule has 0 saturated heterocycles. The minimum Gasteiger partial charge on any atom is -0.0697 e. The summed E-state index contributed by atoms with van der Waals surface area (Å²) in [6, 6.07) is 22.0. The lowest BCUT2D eigenvalue weighted by Crippen LogP contribution is -2.11. The third-order valence-electron chi connectivity index (χ3n) is 3.46. The molecule has 0 fully saturated rings. The Labute approximate surface area is 117 Å². The zero-order valence-electron chi connectivity index (χ0n) is 11.9. The van der Waals surface area contributed by atoms with E-state index in [1.54, 1.807) is 5.29 Å². The molecule has 2 aromatic rings. The topological polar surface area (TPSA) is 0 Å². The van der Waals surface area contributed by atoms with Crippen molar-refractivity contribution < 1.29 is 0 Å². The van der Waals surface area contributed by atoms with E-state index in [2.05, 4.69) is 74.5 Å². The molecule has 0 spiro atoms. The molecule has 0 aliphatic heterocycles. The summed E-state index contributed by atoms with van der Waals surface area (Å²) in [5.74, 6) is 0. The van der Waals surface area contributed by atoms with Crippen LogP contribution in [0.25, 0.3) is 0 Å². The summed E-state index contributed by atoms with van der Waals surface area (Å²) in [4.78, 5) is 0. The summed E-state index contributed by atoms with van der Waals surface area (Å²) in [6.45, 7) is 4.62. The molecular formula is C18H23P. The summed E-state index contributed by atoms with van der Waals surface area (Å²) < 4.78 is 0. The minimum atomic E-state index is -0.733. The maximum atomic E-state index is 2.35. The molecule has 0 atom stereocenters. The fourth-order valence-corrected chi connectivity index (χ4v) is 5.23. The van der Waals surface area contributed by atoms with E-state index >= 15 is 0 Å². The monoisotopic (exact) mass is 270 g/mol. The highest BCUT2D eigenvalue weighted by Crippen LogP contribution is 2.26. The van der Waals surface area contributed by atoms with Crippen LogP contribution in [0.3, 0.4) is 0 Å². The smallest absolute Gasteiger partial charge is 0.0232 e. The lowest BCUT2D eigenvalue weighted by Gasteiger charge is -2.15. The zero-order chi connectivity index (χ0) is 13.5. The average Bonchev–Trinajstić information content (AvgIpc) is 2.47. The van der Waals surface area contributed by atoms with Crippen molar-refractivity contribution in [3.05, 3.63) is 60.7 Å². The molecule has 0 N–H and O–H groups in total. The number of benzene rings is 2. The van der Waals surface area contributed by atoms with Gasteiger partial charge in [0.15, 0.2) is 0 Å². The molecule has 0 aromatic heterocycles. The second-order valence-electron chi connectivity index (χ2n) is 4.99. The first-order chi connectivity index (χ1) is 9.33. The van der Waals surface area contributed by atoms with E-state index in [9.17, 15) is 0 Å². The maximum absolute atomic E-state index is 2.35. The van der Waals surface area contributed by atoms with Crippen molar-refractivity contribution in [3.63, 3.8) is 0 Å². The van der Waals surface area contributed by atoms with Gasteiger partial charge in [0.05, 0.1) is 0 Å². The molecular weight excluding hydrogens is 247 g/mol. The molecule has 0 bridgehead atoms. The van der Waals surface area contributed by atoms with E-state index in [1.807, 2.05) is 0 Å². The number of hydrogen-bond donors (Lipinski definition) is 0. The number of hydrogen-bond acceptors (Lipinski definition) is 0. The highest BCUT2D eigenvalue weighted by Gasteiger charge is 2.06. The SMILES string of the molecule is CCCCC(C)=[PH](c1ccccc1)c1ccccc1. The molecule has 2 aromatic carbocycles. The van der Waals surface area contributed by atoms with Crippen molar-refractivity contribution in [1.82, 2.24) is 0 Å². The Morgan fingerprint density at radius 2 is 1.32 bits per heavy atom. The van der Waals surface area contributed by atoms with Crippen LogP contribution in [0.2, 0.25) is 0 Å². The van der Waals surface area contributed by atoms with Crippen LogP contribution in [0.5, 0.6) is 0 Å². The van der Waals surface area contributed by atoms with Crippen LogP contribution in [-0.4, -0.2) is 5.29 Å². The third-order valence-corrected chi connectivity index (χ3v) is 6.38. The van der Waals surface area contributed by atoms with Gasteiger partial charge in [-0.25, -0.2) is 0 Å². The van der Waals surface area contributed by atoms with Crippen LogP contribution < -0.4 is 10.6 Å². The molecule has 100 valence electrons. The van der Waals surface area contributed by atoms with Crippen molar-refractivity contribution in [1.29, 1.82) is 0 Å². The zero-order valence-corrected chi connectivity index (χ0v) is 12.9. The van der Waals surface area contributed by atoms with Crippen molar-refractivity contribution in [2.45, 2.75) is 33.1 Å². The van der Waals surface area contributed by atoms with Gasteiger partial charge in [0.25, 0.3) is 0 Å². The largest absolute Gasteiger partial charge is 0.0697 e. The molecule has 0 saturated carbocycles. The van der Waals surface area contributed by atoms with Gasteiger partial charge in [-0.1, -0.05) is 86.8 Å². The molecule has 0 aliphatic carbocycles. The Kier molecular flexibility index (Phi) is 5.48. The summed E-state index contributed by atoms with van der Waals surface area (Å²) in [5, 5.41) is 4.68. The van der Waals surface area contributed by atoms with Gasteiger partial charge in [-0.15, -0.1) is 0 Å². The average molecular weight is 270 g/mol. The van der Waals surface area contributed by atoms with Crippen molar-refractivity contribution in [2.24, 2.45) is 0 Å². The minimum absolute atomic E-state index is 0.733. The van der Waals surface area contributed by atoms with Crippen LogP contribution >= 0.6 is 7.55 Å². The molecule has 2 rings (SSSR count). The van der Waals surface area contributed by atoms with E-state index < -0.39 is 7.55 Å². The van der Waals surface area contributed by atoms with Gasteiger partial charge in [0.2, 0.25) is 0 Å². The first-order valence-electron chi connectivity index (χ1n) is 7.13. The van der Waals surface area contributed by atoms with E-state index in [0.29, 0.717) is 0 Å². The highest BCUT2D eigenvalue weighted by molar-refractivity contribution is 7.73. The van der Waals surface area contributed by atoms with E-state index in [-0.39, 0.29) is 0 Å². The molecule has 19 heavy (non-hydrogen) atoms. The van der Waals surface area contributed by atoms with Crippen LogP contribution in [-0.2, 0) is 0 Å². The third kappa shape index (κ3) is 3.85. The molecule has 0 nitrogen and oxygen atoms in total. The maximum Gasteiger partial charge on any atom is -0.0232 e. The van der Waals surface area contributed by atoms with E-state index in [0.717, 1.165) is 0 Å². The standard InChI is InChI=1S/C18H23P/c1-3-4-11-16(2)19(17-12-7-5-8-13-17)18-14-9-6-10-15-18/h5-10,12-15,19H,3-4,11H2,1-2H3. The van der Waals surface area contributed by atoms with Gasteiger partial charge >= 0.3 is 0 Å². The first-order valence-corrected chi connectivity index (χ1v) is 8.63. The summed E-state index contributed by atoms with van der Waals surface area (Å²) in [7, 11) is -0.733. The molecule has 0 aliphatic rings. The Bertz CT molecular complexity index is 485. The quantitative estimate of drug-likeness (QED) is 0.713. The van der Waals surface area contributed by atoms with Gasteiger partial charge in [-0.2, -0.15) is 0 Å². The van der Waals surface area contributed by atoms with E-state index in [1.165, 1.54) is 29.9 Å². The van der Waals surface area contributed by atoms with Gasteiger partial charge in [0, 0.05) is 0 Å².